The maximum absolute atomic E-state index is 12.0. The van der Waals surface area contributed by atoms with E-state index in [0.29, 0.717) is 54.4 Å². The molecule has 0 atom stereocenters. The molecule has 2 amide bonds. The van der Waals surface area contributed by atoms with Crippen LogP contribution < -0.4 is 25.4 Å². The molecule has 0 bridgehead atoms. The summed E-state index contributed by atoms with van der Waals surface area (Å²) in [7, 11) is -1.23. The molecule has 9 aromatic rings. The smallest absolute Gasteiger partial charge is 0.252 e. The largest absolute Gasteiger partial charge is 0.506 e. The average molecular weight is 1370 g/mol. The van der Waals surface area contributed by atoms with Crippen molar-refractivity contribution < 1.29 is 45.5 Å². The van der Waals surface area contributed by atoms with Crippen molar-refractivity contribution in [3.63, 3.8) is 0 Å². The number of hydrogen-bond acceptors (Lipinski definition) is 10. The van der Waals surface area contributed by atoms with Crippen molar-refractivity contribution in [2.75, 3.05) is 36.0 Å². The highest BCUT2D eigenvalue weighted by Gasteiger charge is 2.11. The number of anilines is 2. The second-order valence-corrected chi connectivity index (χ2v) is 24.2. The van der Waals surface area contributed by atoms with Gasteiger partial charge in [0.1, 0.15) is 28.8 Å². The lowest BCUT2D eigenvalue weighted by Crippen LogP contribution is -2.23. The fourth-order valence-electron chi connectivity index (χ4n) is 6.88. The van der Waals surface area contributed by atoms with E-state index in [2.05, 4.69) is 83.1 Å². The minimum Gasteiger partial charge on any atom is -0.506 e. The van der Waals surface area contributed by atoms with Gasteiger partial charge < -0.3 is 39.0 Å². The van der Waals surface area contributed by atoms with Gasteiger partial charge >= 0.3 is 0 Å². The van der Waals surface area contributed by atoms with E-state index in [-0.39, 0.29) is 29.1 Å². The maximum atomic E-state index is 12.0. The first-order chi connectivity index (χ1) is 42.8. The Hall–Kier alpha value is -7.21. The van der Waals surface area contributed by atoms with Gasteiger partial charge in [0.05, 0.1) is 62.5 Å². The topological polar surface area (TPSA) is 185 Å². The minimum atomic E-state index is -3.20. The van der Waals surface area contributed by atoms with Gasteiger partial charge in [0.25, 0.3) is 5.91 Å². The molecule has 0 aliphatic rings. The molecule has 0 radical (unpaired) electrons. The molecular weight excluding hydrogens is 1280 g/mol. The van der Waals surface area contributed by atoms with Crippen molar-refractivity contribution in [1.29, 1.82) is 0 Å². The molecule has 0 spiro atoms. The fourth-order valence-corrected chi connectivity index (χ4v) is 8.23. The molecule has 0 saturated heterocycles. The van der Waals surface area contributed by atoms with E-state index in [4.69, 9.17) is 76.7 Å². The molecule has 91 heavy (non-hydrogen) atoms. The molecule has 5 N–H and O–H groups in total. The van der Waals surface area contributed by atoms with Crippen LogP contribution in [0.4, 0.5) is 15.8 Å². The molecule has 0 aliphatic heterocycles. The number of benzene rings is 6. The first-order valence-corrected chi connectivity index (χ1v) is 32.4. The molecule has 0 saturated carbocycles. The van der Waals surface area contributed by atoms with Gasteiger partial charge in [-0.05, 0) is 227 Å². The SMILES string of the molecule is CC(=O)Nc1cccc(C)c1Cl.CCNC(=O)c1cccc(C)c1Cl.CCOc1ccc(C)c(C)c1.CCS(=O)(=O)Nc1ccc(Cl)c(C)c1.CNCc1ccc(C)c(C)c1.Cc1cccc(O)c1Cl.Cc1ccoc1C.Cc1occc1Cl.Cc1occc1F. The number of hydrogen-bond donors (Lipinski definition) is 5. The van der Waals surface area contributed by atoms with Crippen LogP contribution in [0, 0.1) is 88.9 Å². The Morgan fingerprint density at radius 3 is 1.52 bits per heavy atom. The van der Waals surface area contributed by atoms with Crippen molar-refractivity contribution in [3.05, 3.63) is 256 Å². The summed E-state index contributed by atoms with van der Waals surface area (Å²) >= 11 is 28.9. The zero-order chi connectivity index (χ0) is 69.0. The third-order valence-electron chi connectivity index (χ3n) is 12.7. The molecule has 0 unspecified atom stereocenters. The lowest BCUT2D eigenvalue weighted by atomic mass is 10.1. The second kappa shape index (κ2) is 43.5. The van der Waals surface area contributed by atoms with Crippen LogP contribution in [0.1, 0.15) is 111 Å². The van der Waals surface area contributed by atoms with Crippen LogP contribution in [0.2, 0.25) is 25.1 Å². The Morgan fingerprint density at radius 2 is 1.10 bits per heavy atom. The van der Waals surface area contributed by atoms with Crippen LogP contribution >= 0.6 is 58.0 Å². The van der Waals surface area contributed by atoms with Gasteiger partial charge in [0.2, 0.25) is 15.9 Å². The molecule has 13 nitrogen and oxygen atoms in total. The van der Waals surface area contributed by atoms with E-state index in [1.54, 1.807) is 74.9 Å². The fraction of sp³-hybridized carbons (Fsp3) is 0.296. The van der Waals surface area contributed by atoms with Gasteiger partial charge in [0, 0.05) is 36.8 Å². The predicted octanol–water partition coefficient (Wildman–Crippen LogP) is 20.4. The number of aromatic hydroxyl groups is 1. The summed E-state index contributed by atoms with van der Waals surface area (Å²) in [5.74, 6) is 2.82. The lowest BCUT2D eigenvalue weighted by molar-refractivity contribution is -0.114. The summed E-state index contributed by atoms with van der Waals surface area (Å²) in [5, 5.41) is 20.4. The van der Waals surface area contributed by atoms with Crippen LogP contribution in [0.3, 0.4) is 0 Å². The van der Waals surface area contributed by atoms with Crippen molar-refractivity contribution >= 4 is 91.2 Å². The predicted molar refractivity (Wildman–Crippen MR) is 378 cm³/mol. The number of phenols is 1. The van der Waals surface area contributed by atoms with Crippen LogP contribution in [-0.4, -0.2) is 51.3 Å². The number of amides is 2. The number of nitrogens with one attached hydrogen (secondary N) is 4. The summed E-state index contributed by atoms with van der Waals surface area (Å²) < 4.78 is 56.6. The Morgan fingerprint density at radius 1 is 0.549 bits per heavy atom. The Labute approximate surface area is 564 Å². The molecule has 0 fully saturated rings. The van der Waals surface area contributed by atoms with Gasteiger partial charge in [0.15, 0.2) is 5.82 Å². The monoisotopic (exact) mass is 1370 g/mol. The van der Waals surface area contributed by atoms with Crippen molar-refractivity contribution in [2.24, 2.45) is 0 Å². The number of carbonyl (C=O) groups excluding carboxylic acids is 2. The van der Waals surface area contributed by atoms with Crippen molar-refractivity contribution in [2.45, 2.75) is 117 Å². The van der Waals surface area contributed by atoms with Gasteiger partial charge in [-0.2, -0.15) is 0 Å². The number of sulfonamides is 1. The van der Waals surface area contributed by atoms with Crippen LogP contribution in [0.15, 0.2) is 159 Å². The van der Waals surface area contributed by atoms with Gasteiger partial charge in [-0.1, -0.05) is 119 Å². The molecule has 0 aliphatic carbocycles. The first-order valence-electron chi connectivity index (χ1n) is 28.9. The molecule has 20 heteroatoms. The van der Waals surface area contributed by atoms with E-state index < -0.39 is 10.0 Å². The summed E-state index contributed by atoms with van der Waals surface area (Å²) in [4.78, 5) is 22.1. The number of furan rings is 3. The van der Waals surface area contributed by atoms with Crippen molar-refractivity contribution in [3.8, 4) is 11.5 Å². The first kappa shape index (κ1) is 81.8. The van der Waals surface area contributed by atoms with Gasteiger partial charge in [-0.25, -0.2) is 12.8 Å². The van der Waals surface area contributed by atoms with E-state index in [1.165, 1.54) is 52.6 Å². The lowest BCUT2D eigenvalue weighted by Gasteiger charge is -2.07. The van der Waals surface area contributed by atoms with Crippen LogP contribution in [0.25, 0.3) is 0 Å². The number of ether oxygens (including phenoxy) is 1. The number of rotatable bonds is 10. The zero-order valence-corrected chi connectivity index (χ0v) is 59.7. The number of carbonyl (C=O) groups is 2. The standard InChI is InChI=1S/C10H12ClNO.C10H15N.C10H14O.C9H12ClNO2S.C9H10ClNO.C7H7ClO.C6H8O.C5H5ClO.C5H5FO/c1-3-12-10(13)8-6-4-5-7(2)9(8)11;1-8-4-5-10(7-11-3)6-9(8)2;1-4-11-10-6-5-8(2)9(3)7-10;1-3-14(12,13)11-8-4-5-9(10)7(2)6-8;1-6-4-3-5-8(9(6)10)11-7(2)12;1-5-3-2-4-6(9)7(5)8;1-5-3-4-7-6(5)2;2*1-4-5(6)2-3-7-4/h4-6H,3H2,1-2H3,(H,12,13);4-6,11H,7H2,1-3H3;5-7H,4H2,1-3H3;4-6,11H,3H2,1-2H3;3-5H,1-2H3,(H,11,12);2-4,9H,1H3;3-4H,1-2H3;2*2-3H,1H3. The van der Waals surface area contributed by atoms with E-state index in [1.807, 2.05) is 112 Å². The zero-order valence-electron chi connectivity index (χ0n) is 55.1. The highest BCUT2D eigenvalue weighted by molar-refractivity contribution is 7.92. The van der Waals surface area contributed by atoms with Gasteiger partial charge in [-0.3, -0.25) is 14.3 Å². The van der Waals surface area contributed by atoms with E-state index >= 15 is 0 Å². The van der Waals surface area contributed by atoms with Gasteiger partial charge in [-0.15, -0.1) is 0 Å². The minimum absolute atomic E-state index is 0.0642. The van der Waals surface area contributed by atoms with E-state index in [0.717, 1.165) is 52.7 Å². The third-order valence-corrected chi connectivity index (χ3v) is 16.3. The molecular formula is C71H88Cl5FN4O9S. The Balaban J connectivity index is 0.000000516. The molecule has 3 heterocycles. The highest BCUT2D eigenvalue weighted by atomic mass is 35.5. The van der Waals surface area contributed by atoms with Crippen LogP contribution in [0.5, 0.6) is 11.5 Å². The highest BCUT2D eigenvalue weighted by Crippen LogP contribution is 2.27. The summed E-state index contributed by atoms with van der Waals surface area (Å²) in [6, 6.07) is 38.8. The number of halogens is 6. The summed E-state index contributed by atoms with van der Waals surface area (Å²) in [6.45, 7) is 32.5. The molecule has 3 aromatic heterocycles. The van der Waals surface area contributed by atoms with Crippen molar-refractivity contribution in [1.82, 2.24) is 10.6 Å². The average Bonchev–Trinajstić information content (AvgIpc) is 3.86. The third kappa shape index (κ3) is 32.6. The molecule has 494 valence electrons. The number of phenolic OH excluding ortho intramolecular Hbond substituents is 1. The second-order valence-electron chi connectivity index (χ2n) is 20.2. The summed E-state index contributed by atoms with van der Waals surface area (Å²) in [6.07, 6.45) is 4.59. The normalized spacial score (nSPS) is 9.92. The molecule has 9 rings (SSSR count). The molecule has 6 aromatic carbocycles. The maximum Gasteiger partial charge on any atom is 0.252 e. The number of aryl methyl sites for hydroxylation is 12. The van der Waals surface area contributed by atoms with E-state index in [9.17, 15) is 22.4 Å². The van der Waals surface area contributed by atoms with Crippen LogP contribution in [-0.2, 0) is 21.4 Å². The Kier molecular flexibility index (Phi) is 39.1. The quantitative estimate of drug-likeness (QED) is 0.0883. The Bertz CT molecular complexity index is 3540. The summed E-state index contributed by atoms with van der Waals surface area (Å²) in [5.41, 5.74) is 13.3.